The quantitative estimate of drug-likeness (QED) is 0.580. The molecule has 2 aromatic carbocycles. The van der Waals surface area contributed by atoms with Crippen LogP contribution < -0.4 is 4.90 Å². The maximum absolute atomic E-state index is 13.4. The second-order valence-electron chi connectivity index (χ2n) is 4.70. The zero-order valence-corrected chi connectivity index (χ0v) is 13.1. The minimum Gasteiger partial charge on any atom is -0.274 e. The summed E-state index contributed by atoms with van der Waals surface area (Å²) in [5, 5.41) is 0.567. The third kappa shape index (κ3) is 3.92. The number of hydrogen-bond acceptors (Lipinski definition) is 2. The molecule has 0 spiro atoms. The summed E-state index contributed by atoms with van der Waals surface area (Å²) in [7, 11) is 0. The Balaban J connectivity index is 2.47. The zero-order valence-electron chi connectivity index (χ0n) is 12.4. The molecule has 0 unspecified atom stereocenters. The van der Waals surface area contributed by atoms with Gasteiger partial charge in [0, 0.05) is 18.4 Å². The summed E-state index contributed by atoms with van der Waals surface area (Å²) >= 11 is 5.95. The van der Waals surface area contributed by atoms with Gasteiger partial charge >= 0.3 is 0 Å². The van der Waals surface area contributed by atoms with E-state index < -0.39 is 5.82 Å². The monoisotopic (exact) mass is 318 g/mol. The van der Waals surface area contributed by atoms with E-state index in [1.54, 1.807) is 36.4 Å². The van der Waals surface area contributed by atoms with Crippen molar-refractivity contribution in [3.63, 3.8) is 0 Å². The number of hydrogen-bond donors (Lipinski definition) is 0. The summed E-state index contributed by atoms with van der Waals surface area (Å²) in [6.07, 6.45) is 0.516. The summed E-state index contributed by atoms with van der Waals surface area (Å²) in [5.74, 6) is -0.101. The van der Waals surface area contributed by atoms with Crippen LogP contribution in [0.25, 0.3) is 0 Å². The zero-order chi connectivity index (χ0) is 16.1. The Kier molecular flexibility index (Phi) is 5.28. The molecular weight excluding hydrogens is 303 g/mol. The predicted molar refractivity (Wildman–Crippen MR) is 88.4 cm³/mol. The van der Waals surface area contributed by atoms with Crippen LogP contribution in [0.1, 0.15) is 20.3 Å². The molecule has 114 valence electrons. The van der Waals surface area contributed by atoms with Crippen LogP contribution in [-0.2, 0) is 4.79 Å². The second kappa shape index (κ2) is 7.18. The molecular formula is C17H16ClFN2O. The maximum Gasteiger partial charge on any atom is 0.229 e. The van der Waals surface area contributed by atoms with E-state index in [2.05, 4.69) is 4.99 Å². The molecule has 0 fully saturated rings. The number of amidine groups is 1. The van der Waals surface area contributed by atoms with Gasteiger partial charge in [0.15, 0.2) is 0 Å². The van der Waals surface area contributed by atoms with Gasteiger partial charge < -0.3 is 0 Å². The molecule has 0 atom stereocenters. The Morgan fingerprint density at radius 1 is 1.23 bits per heavy atom. The molecule has 0 aliphatic rings. The van der Waals surface area contributed by atoms with Crippen LogP contribution in [-0.4, -0.2) is 11.7 Å². The van der Waals surface area contributed by atoms with E-state index >= 15 is 0 Å². The van der Waals surface area contributed by atoms with Crippen molar-refractivity contribution in [2.24, 2.45) is 4.99 Å². The van der Waals surface area contributed by atoms with Crippen LogP contribution in [0.4, 0.5) is 15.8 Å². The molecule has 0 aliphatic carbocycles. The van der Waals surface area contributed by atoms with Crippen molar-refractivity contribution in [1.82, 2.24) is 0 Å². The fourth-order valence-corrected chi connectivity index (χ4v) is 2.29. The van der Waals surface area contributed by atoms with Crippen LogP contribution in [0, 0.1) is 5.82 Å². The van der Waals surface area contributed by atoms with Crippen molar-refractivity contribution in [3.8, 4) is 0 Å². The van der Waals surface area contributed by atoms with Gasteiger partial charge in [-0.15, -0.1) is 0 Å². The topological polar surface area (TPSA) is 32.7 Å². The molecule has 22 heavy (non-hydrogen) atoms. The Bertz CT molecular complexity index is 715. The van der Waals surface area contributed by atoms with Crippen LogP contribution in [0.2, 0.25) is 5.02 Å². The highest BCUT2D eigenvalue weighted by atomic mass is 35.5. The highest BCUT2D eigenvalue weighted by Crippen LogP contribution is 2.22. The molecule has 0 N–H and O–H groups in total. The number of benzene rings is 2. The lowest BCUT2D eigenvalue weighted by atomic mass is 10.2. The van der Waals surface area contributed by atoms with E-state index in [0.717, 1.165) is 0 Å². The number of anilines is 1. The molecule has 0 radical (unpaired) electrons. The molecule has 0 bridgehead atoms. The average Bonchev–Trinajstić information content (AvgIpc) is 2.46. The van der Waals surface area contributed by atoms with Gasteiger partial charge in [-0.2, -0.15) is 0 Å². The van der Waals surface area contributed by atoms with Crippen molar-refractivity contribution in [2.75, 3.05) is 4.90 Å². The second-order valence-corrected chi connectivity index (χ2v) is 5.13. The highest BCUT2D eigenvalue weighted by molar-refractivity contribution is 6.30. The number of aliphatic imine (C=N–C) groups is 1. The highest BCUT2D eigenvalue weighted by Gasteiger charge is 2.17. The summed E-state index contributed by atoms with van der Waals surface area (Å²) < 4.78 is 13.4. The largest absolute Gasteiger partial charge is 0.274 e. The first-order chi connectivity index (χ1) is 10.5. The van der Waals surface area contributed by atoms with Crippen LogP contribution in [0.15, 0.2) is 53.5 Å². The third-order valence-electron chi connectivity index (χ3n) is 3.02. The number of carbonyl (C=O) groups is 1. The molecule has 2 aromatic rings. The standard InChI is InChI=1S/C17H16ClFN2O/c1-3-17(20-15-8-4-6-13(18)10-15)21(12(2)22)16-9-5-7-14(19)11-16/h4-11H,3H2,1-2H3. The van der Waals surface area contributed by atoms with E-state index in [9.17, 15) is 9.18 Å². The van der Waals surface area contributed by atoms with Crippen molar-refractivity contribution >= 4 is 34.7 Å². The molecule has 3 nitrogen and oxygen atoms in total. The Labute approximate surface area is 134 Å². The van der Waals surface area contributed by atoms with Crippen LogP contribution in [0.5, 0.6) is 0 Å². The van der Waals surface area contributed by atoms with Gasteiger partial charge in [-0.25, -0.2) is 9.38 Å². The number of rotatable bonds is 3. The number of carbonyl (C=O) groups excluding carboxylic acids is 1. The van der Waals surface area contributed by atoms with Gasteiger partial charge in [0.25, 0.3) is 0 Å². The first-order valence-corrected chi connectivity index (χ1v) is 7.28. The fourth-order valence-electron chi connectivity index (χ4n) is 2.11. The molecule has 0 heterocycles. The first kappa shape index (κ1) is 16.2. The van der Waals surface area contributed by atoms with E-state index in [1.165, 1.54) is 24.0 Å². The van der Waals surface area contributed by atoms with Gasteiger partial charge in [0.1, 0.15) is 11.7 Å². The van der Waals surface area contributed by atoms with Crippen molar-refractivity contribution in [2.45, 2.75) is 20.3 Å². The van der Waals surface area contributed by atoms with Crippen LogP contribution in [0.3, 0.4) is 0 Å². The Morgan fingerprint density at radius 2 is 1.95 bits per heavy atom. The van der Waals surface area contributed by atoms with Crippen molar-refractivity contribution < 1.29 is 9.18 Å². The van der Waals surface area contributed by atoms with E-state index in [0.29, 0.717) is 28.7 Å². The van der Waals surface area contributed by atoms with E-state index in [4.69, 9.17) is 11.6 Å². The van der Waals surface area contributed by atoms with Gasteiger partial charge in [-0.05, 0) is 36.4 Å². The average molecular weight is 319 g/mol. The molecule has 0 aliphatic heterocycles. The Hall–Kier alpha value is -2.20. The number of amides is 1. The SMILES string of the molecule is CCC(=Nc1cccc(Cl)c1)N(C(C)=O)c1cccc(F)c1. The lowest BCUT2D eigenvalue weighted by molar-refractivity contribution is -0.115. The van der Waals surface area contributed by atoms with Gasteiger partial charge in [0.2, 0.25) is 5.91 Å². The molecule has 0 aromatic heterocycles. The molecule has 0 saturated heterocycles. The van der Waals surface area contributed by atoms with Crippen LogP contribution >= 0.6 is 11.6 Å². The molecule has 5 heteroatoms. The summed E-state index contributed by atoms with van der Waals surface area (Å²) in [6.45, 7) is 3.31. The molecule has 2 rings (SSSR count). The lowest BCUT2D eigenvalue weighted by Gasteiger charge is -2.22. The van der Waals surface area contributed by atoms with Crippen molar-refractivity contribution in [3.05, 3.63) is 59.4 Å². The fraction of sp³-hybridized carbons (Fsp3) is 0.176. The van der Waals surface area contributed by atoms with Crippen molar-refractivity contribution in [1.29, 1.82) is 0 Å². The maximum atomic E-state index is 13.4. The smallest absolute Gasteiger partial charge is 0.229 e. The van der Waals surface area contributed by atoms with Gasteiger partial charge in [-0.1, -0.05) is 30.7 Å². The molecule has 0 saturated carbocycles. The molecule has 1 amide bonds. The summed E-state index contributed by atoms with van der Waals surface area (Å²) in [5.41, 5.74) is 1.10. The third-order valence-corrected chi connectivity index (χ3v) is 3.26. The lowest BCUT2D eigenvalue weighted by Crippen LogP contribution is -2.34. The normalized spacial score (nSPS) is 11.4. The van der Waals surface area contributed by atoms with E-state index in [1.807, 2.05) is 6.92 Å². The number of halogens is 2. The van der Waals surface area contributed by atoms with Gasteiger partial charge in [0.05, 0.1) is 11.4 Å². The minimum atomic E-state index is -0.401. The summed E-state index contributed by atoms with van der Waals surface area (Å²) in [4.78, 5) is 17.9. The predicted octanol–water partition coefficient (Wildman–Crippen LogP) is 4.97. The van der Waals surface area contributed by atoms with E-state index in [-0.39, 0.29) is 5.91 Å². The Morgan fingerprint density at radius 3 is 2.55 bits per heavy atom. The minimum absolute atomic E-state index is 0.228. The summed E-state index contributed by atoms with van der Waals surface area (Å²) in [6, 6.07) is 12.9. The first-order valence-electron chi connectivity index (χ1n) is 6.90. The number of nitrogens with zero attached hydrogens (tertiary/aromatic N) is 2. The van der Waals surface area contributed by atoms with Gasteiger partial charge in [-0.3, -0.25) is 9.69 Å².